The number of pyridine rings is 1. The first-order valence-corrected chi connectivity index (χ1v) is 9.24. The molecular formula is C17H19N3O6S. The molecule has 144 valence electrons. The topological polar surface area (TPSA) is 120 Å². The molecule has 0 aliphatic heterocycles. The zero-order valence-electron chi connectivity index (χ0n) is 15.0. The lowest BCUT2D eigenvalue weighted by Gasteiger charge is -2.14. The average Bonchev–Trinajstić information content (AvgIpc) is 2.61. The molecule has 1 N–H and O–H groups in total. The fourth-order valence-electron chi connectivity index (χ4n) is 2.06. The maximum Gasteiger partial charge on any atom is 0.339 e. The summed E-state index contributed by atoms with van der Waals surface area (Å²) >= 11 is 0. The molecule has 0 spiro atoms. The zero-order chi connectivity index (χ0) is 20.2. The molecule has 27 heavy (non-hydrogen) atoms. The number of aryl methyl sites for hydroxylation is 1. The molecule has 0 bridgehead atoms. The van der Waals surface area contributed by atoms with Crippen LogP contribution in [-0.2, 0) is 19.6 Å². The fourth-order valence-corrected chi connectivity index (χ4v) is 2.99. The molecule has 0 atom stereocenters. The van der Waals surface area contributed by atoms with Crippen molar-refractivity contribution in [2.75, 3.05) is 26.0 Å². The van der Waals surface area contributed by atoms with Crippen LogP contribution in [0.5, 0.6) is 0 Å². The van der Waals surface area contributed by atoms with Gasteiger partial charge in [0.15, 0.2) is 19.0 Å². The Balaban J connectivity index is 2.05. The minimum absolute atomic E-state index is 0.0283. The van der Waals surface area contributed by atoms with Crippen LogP contribution in [-0.4, -0.2) is 45.3 Å². The molecule has 1 amide bonds. The first-order valence-electron chi connectivity index (χ1n) is 7.80. The summed E-state index contributed by atoms with van der Waals surface area (Å²) in [5.74, 6) is -1.38. The van der Waals surface area contributed by atoms with Crippen LogP contribution in [0.4, 0.5) is 5.69 Å². The Hall–Kier alpha value is -2.98. The Morgan fingerprint density at radius 3 is 2.41 bits per heavy atom. The molecule has 0 saturated heterocycles. The Bertz CT molecular complexity index is 955. The van der Waals surface area contributed by atoms with Gasteiger partial charge in [-0.2, -0.15) is 4.73 Å². The van der Waals surface area contributed by atoms with Gasteiger partial charge in [0.1, 0.15) is 0 Å². The molecule has 0 fully saturated rings. The third kappa shape index (κ3) is 5.02. The second-order valence-corrected chi connectivity index (χ2v) is 7.99. The van der Waals surface area contributed by atoms with E-state index in [1.165, 1.54) is 38.4 Å². The van der Waals surface area contributed by atoms with Crippen molar-refractivity contribution in [3.05, 3.63) is 59.1 Å². The summed E-state index contributed by atoms with van der Waals surface area (Å²) in [5.41, 5.74) is 1.08. The minimum Gasteiger partial charge on any atom is -0.619 e. The average molecular weight is 393 g/mol. The molecule has 1 aromatic carbocycles. The third-order valence-electron chi connectivity index (χ3n) is 3.63. The highest BCUT2D eigenvalue weighted by Gasteiger charge is 2.19. The van der Waals surface area contributed by atoms with E-state index in [-0.39, 0.29) is 10.5 Å². The number of aromatic nitrogens is 1. The highest BCUT2D eigenvalue weighted by Crippen LogP contribution is 2.22. The van der Waals surface area contributed by atoms with E-state index in [1.807, 2.05) is 0 Å². The number of hydrogen-bond acceptors (Lipinski definition) is 6. The fraction of sp³-hybridized carbons (Fsp3) is 0.235. The second-order valence-electron chi connectivity index (χ2n) is 5.84. The Labute approximate surface area is 156 Å². The largest absolute Gasteiger partial charge is 0.619 e. The van der Waals surface area contributed by atoms with Crippen LogP contribution >= 0.6 is 0 Å². The van der Waals surface area contributed by atoms with Crippen molar-refractivity contribution in [3.63, 3.8) is 0 Å². The summed E-state index contributed by atoms with van der Waals surface area (Å²) < 4.78 is 30.9. The maximum atomic E-state index is 12.2. The number of rotatable bonds is 6. The number of hydrogen-bond donors (Lipinski definition) is 1. The van der Waals surface area contributed by atoms with Crippen LogP contribution in [0.25, 0.3) is 0 Å². The Kier molecular flexibility index (Phi) is 6.13. The highest BCUT2D eigenvalue weighted by molar-refractivity contribution is 7.89. The number of sulfonamides is 1. The van der Waals surface area contributed by atoms with Crippen LogP contribution in [0.15, 0.2) is 47.6 Å². The Morgan fingerprint density at radius 2 is 1.81 bits per heavy atom. The van der Waals surface area contributed by atoms with Crippen molar-refractivity contribution in [2.45, 2.75) is 11.8 Å². The predicted molar refractivity (Wildman–Crippen MR) is 96.4 cm³/mol. The van der Waals surface area contributed by atoms with Crippen molar-refractivity contribution in [3.8, 4) is 0 Å². The van der Waals surface area contributed by atoms with E-state index >= 15 is 0 Å². The van der Waals surface area contributed by atoms with E-state index in [0.29, 0.717) is 16.0 Å². The second kappa shape index (κ2) is 8.14. The van der Waals surface area contributed by atoms with Gasteiger partial charge in [-0.3, -0.25) is 4.79 Å². The predicted octanol–water partition coefficient (Wildman–Crippen LogP) is 0.674. The quantitative estimate of drug-likeness (QED) is 0.438. The van der Waals surface area contributed by atoms with Crippen LogP contribution in [0.1, 0.15) is 15.9 Å². The van der Waals surface area contributed by atoms with Gasteiger partial charge < -0.3 is 15.3 Å². The lowest BCUT2D eigenvalue weighted by atomic mass is 10.2. The molecule has 1 heterocycles. The molecule has 2 aromatic rings. The lowest BCUT2D eigenvalue weighted by Crippen LogP contribution is -2.25. The SMILES string of the molecule is Cc1ccc(S(=O)(=O)N(C)C)cc1NC(=O)COC(=O)c1cc[n+]([O-])cc1. The van der Waals surface area contributed by atoms with Crippen molar-refractivity contribution < 1.29 is 27.5 Å². The Morgan fingerprint density at radius 1 is 1.19 bits per heavy atom. The maximum absolute atomic E-state index is 12.2. The smallest absolute Gasteiger partial charge is 0.339 e. The molecule has 0 aliphatic rings. The summed E-state index contributed by atoms with van der Waals surface area (Å²) in [5, 5.41) is 13.5. The first-order chi connectivity index (χ1) is 12.6. The molecule has 10 heteroatoms. The minimum atomic E-state index is -3.65. The molecule has 1 aromatic heterocycles. The molecule has 0 radical (unpaired) electrons. The van der Waals surface area contributed by atoms with Crippen LogP contribution in [0.2, 0.25) is 0 Å². The van der Waals surface area contributed by atoms with Crippen molar-refractivity contribution in [2.24, 2.45) is 0 Å². The van der Waals surface area contributed by atoms with E-state index in [2.05, 4.69) is 5.32 Å². The molecular weight excluding hydrogens is 374 g/mol. The van der Waals surface area contributed by atoms with Crippen molar-refractivity contribution in [1.29, 1.82) is 0 Å². The van der Waals surface area contributed by atoms with Gasteiger partial charge in [-0.1, -0.05) is 6.07 Å². The number of amides is 1. The van der Waals surface area contributed by atoms with Gasteiger partial charge in [0.2, 0.25) is 10.0 Å². The summed E-state index contributed by atoms with van der Waals surface area (Å²) in [4.78, 5) is 23.9. The van der Waals surface area contributed by atoms with Gasteiger partial charge >= 0.3 is 5.97 Å². The number of carbonyl (C=O) groups excluding carboxylic acids is 2. The lowest BCUT2D eigenvalue weighted by molar-refractivity contribution is -0.605. The molecule has 2 rings (SSSR count). The van der Waals surface area contributed by atoms with E-state index in [9.17, 15) is 23.2 Å². The van der Waals surface area contributed by atoms with Gasteiger partial charge in [-0.05, 0) is 24.6 Å². The van der Waals surface area contributed by atoms with E-state index in [4.69, 9.17) is 4.74 Å². The number of nitrogens with one attached hydrogen (secondary N) is 1. The van der Waals surface area contributed by atoms with E-state index < -0.39 is 28.5 Å². The first kappa shape index (κ1) is 20.3. The zero-order valence-corrected chi connectivity index (χ0v) is 15.8. The van der Waals surface area contributed by atoms with Crippen LogP contribution in [0.3, 0.4) is 0 Å². The highest BCUT2D eigenvalue weighted by atomic mass is 32.2. The molecule has 0 unspecified atom stereocenters. The number of esters is 1. The number of carbonyl (C=O) groups is 2. The standard InChI is InChI=1S/C17H19N3O6S/c1-12-4-5-14(27(24,25)19(2)3)10-15(12)18-16(21)11-26-17(22)13-6-8-20(23)9-7-13/h4-10H,11H2,1-3H3,(H,18,21). The van der Waals surface area contributed by atoms with Crippen molar-refractivity contribution >= 4 is 27.6 Å². The molecule has 9 nitrogen and oxygen atoms in total. The number of ether oxygens (including phenoxy) is 1. The molecule has 0 saturated carbocycles. The van der Waals surface area contributed by atoms with E-state index in [1.54, 1.807) is 13.0 Å². The summed E-state index contributed by atoms with van der Waals surface area (Å²) in [7, 11) is -0.833. The van der Waals surface area contributed by atoms with Gasteiger partial charge in [0, 0.05) is 31.9 Å². The van der Waals surface area contributed by atoms with Crippen LogP contribution < -0.4 is 10.0 Å². The monoisotopic (exact) mass is 393 g/mol. The molecule has 0 aliphatic carbocycles. The normalized spacial score (nSPS) is 11.3. The van der Waals surface area contributed by atoms with Gasteiger partial charge in [-0.25, -0.2) is 17.5 Å². The summed E-state index contributed by atoms with van der Waals surface area (Å²) in [6, 6.07) is 6.90. The number of anilines is 1. The number of nitrogens with zero attached hydrogens (tertiary/aromatic N) is 2. The van der Waals surface area contributed by atoms with E-state index in [0.717, 1.165) is 16.7 Å². The number of benzene rings is 1. The van der Waals surface area contributed by atoms with Gasteiger partial charge in [-0.15, -0.1) is 0 Å². The third-order valence-corrected chi connectivity index (χ3v) is 5.44. The summed E-state index contributed by atoms with van der Waals surface area (Å²) in [6.07, 6.45) is 2.27. The van der Waals surface area contributed by atoms with Crippen molar-refractivity contribution in [1.82, 2.24) is 4.31 Å². The van der Waals surface area contributed by atoms with Crippen LogP contribution in [0, 0.1) is 12.1 Å². The van der Waals surface area contributed by atoms with Gasteiger partial charge in [0.25, 0.3) is 5.91 Å². The summed E-state index contributed by atoms with van der Waals surface area (Å²) in [6.45, 7) is 1.14. The van der Waals surface area contributed by atoms with Gasteiger partial charge in [0.05, 0.1) is 10.5 Å².